The molecular formula is C16H14ClN3OS. The Hall–Kier alpha value is -2.11. The zero-order valence-corrected chi connectivity index (χ0v) is 13.5. The van der Waals surface area contributed by atoms with Crippen LogP contribution in [0.3, 0.4) is 0 Å². The van der Waals surface area contributed by atoms with Crippen molar-refractivity contribution < 1.29 is 4.42 Å². The molecule has 2 heterocycles. The molecule has 0 bridgehead atoms. The van der Waals surface area contributed by atoms with E-state index in [9.17, 15) is 0 Å². The molecule has 0 aliphatic rings. The molecule has 22 heavy (non-hydrogen) atoms. The average molecular weight is 332 g/mol. The fourth-order valence-electron chi connectivity index (χ4n) is 1.92. The standard InChI is InChI=1S/C16H14ClN3OS/c1-2-18-16-20(14(11-22-16)15-4-3-9-21-15)19-10-12-5-7-13(17)8-6-12/h3-11H,2H2,1H3. The van der Waals surface area contributed by atoms with E-state index in [-0.39, 0.29) is 0 Å². The quantitative estimate of drug-likeness (QED) is 0.658. The highest BCUT2D eigenvalue weighted by Gasteiger charge is 2.09. The van der Waals surface area contributed by atoms with Crippen LogP contribution in [0.5, 0.6) is 0 Å². The first kappa shape index (κ1) is 14.8. The predicted molar refractivity (Wildman–Crippen MR) is 90.6 cm³/mol. The minimum absolute atomic E-state index is 0.703. The van der Waals surface area contributed by atoms with Gasteiger partial charge >= 0.3 is 0 Å². The molecule has 0 N–H and O–H groups in total. The summed E-state index contributed by atoms with van der Waals surface area (Å²) in [6.45, 7) is 2.70. The van der Waals surface area contributed by atoms with Crippen LogP contribution < -0.4 is 4.80 Å². The molecule has 112 valence electrons. The third-order valence-electron chi connectivity index (χ3n) is 2.94. The van der Waals surface area contributed by atoms with Crippen molar-refractivity contribution in [3.05, 3.63) is 63.4 Å². The summed E-state index contributed by atoms with van der Waals surface area (Å²) in [4.78, 5) is 5.30. The highest BCUT2D eigenvalue weighted by atomic mass is 35.5. The summed E-state index contributed by atoms with van der Waals surface area (Å²) in [6.07, 6.45) is 3.43. The summed E-state index contributed by atoms with van der Waals surface area (Å²) in [5, 5.41) is 7.25. The number of nitrogens with zero attached hydrogens (tertiary/aromatic N) is 3. The van der Waals surface area contributed by atoms with Gasteiger partial charge in [0.05, 0.1) is 12.5 Å². The molecule has 6 heteroatoms. The molecule has 3 rings (SSSR count). The van der Waals surface area contributed by atoms with Crippen LogP contribution in [0.25, 0.3) is 11.5 Å². The van der Waals surface area contributed by atoms with E-state index >= 15 is 0 Å². The Morgan fingerprint density at radius 3 is 2.77 bits per heavy atom. The van der Waals surface area contributed by atoms with Gasteiger partial charge in [-0.15, -0.1) is 11.3 Å². The summed E-state index contributed by atoms with van der Waals surface area (Å²) in [7, 11) is 0. The summed E-state index contributed by atoms with van der Waals surface area (Å²) in [5.41, 5.74) is 1.85. The predicted octanol–water partition coefficient (Wildman–Crippen LogP) is 4.27. The maximum Gasteiger partial charge on any atom is 0.206 e. The molecule has 0 spiro atoms. The summed E-state index contributed by atoms with van der Waals surface area (Å²) < 4.78 is 7.27. The summed E-state index contributed by atoms with van der Waals surface area (Å²) >= 11 is 7.43. The third kappa shape index (κ3) is 3.21. The Bertz CT molecular complexity index is 829. The van der Waals surface area contributed by atoms with Crippen LogP contribution in [0.4, 0.5) is 0 Å². The fraction of sp³-hybridized carbons (Fsp3) is 0.125. The second-order valence-corrected chi connectivity index (χ2v) is 5.74. The minimum Gasteiger partial charge on any atom is -0.463 e. The van der Waals surface area contributed by atoms with E-state index in [0.29, 0.717) is 11.6 Å². The number of thiazole rings is 1. The zero-order valence-electron chi connectivity index (χ0n) is 11.9. The van der Waals surface area contributed by atoms with E-state index in [4.69, 9.17) is 16.0 Å². The first-order chi connectivity index (χ1) is 10.8. The van der Waals surface area contributed by atoms with Crippen molar-refractivity contribution in [3.8, 4) is 11.5 Å². The lowest BCUT2D eigenvalue weighted by Gasteiger charge is -2.00. The lowest BCUT2D eigenvalue weighted by molar-refractivity contribution is 0.575. The van der Waals surface area contributed by atoms with E-state index in [0.717, 1.165) is 21.8 Å². The molecule has 4 nitrogen and oxygen atoms in total. The number of halogens is 1. The van der Waals surface area contributed by atoms with E-state index < -0.39 is 0 Å². The minimum atomic E-state index is 0.703. The first-order valence-corrected chi connectivity index (χ1v) is 8.08. The number of furan rings is 1. The average Bonchev–Trinajstić information content (AvgIpc) is 3.16. The van der Waals surface area contributed by atoms with E-state index in [1.54, 1.807) is 17.2 Å². The summed E-state index contributed by atoms with van der Waals surface area (Å²) in [6, 6.07) is 11.3. The van der Waals surface area contributed by atoms with Gasteiger partial charge in [-0.25, -0.2) is 4.68 Å². The number of hydrogen-bond donors (Lipinski definition) is 0. The topological polar surface area (TPSA) is 42.8 Å². The van der Waals surface area contributed by atoms with Crippen LogP contribution in [0, 0.1) is 0 Å². The number of benzene rings is 1. The Balaban J connectivity index is 2.03. The molecule has 0 aliphatic heterocycles. The van der Waals surface area contributed by atoms with Crippen LogP contribution in [0.1, 0.15) is 12.5 Å². The van der Waals surface area contributed by atoms with Gasteiger partial charge in [0.15, 0.2) is 5.76 Å². The number of aromatic nitrogens is 1. The Labute approximate surface area is 137 Å². The smallest absolute Gasteiger partial charge is 0.206 e. The van der Waals surface area contributed by atoms with E-state index in [1.807, 2.05) is 48.7 Å². The zero-order chi connectivity index (χ0) is 15.4. The SMILES string of the molecule is CCN=c1scc(-c2ccco2)n1N=Cc1ccc(Cl)cc1. The van der Waals surface area contributed by atoms with Gasteiger partial charge in [-0.05, 0) is 36.8 Å². The monoisotopic (exact) mass is 331 g/mol. The van der Waals surface area contributed by atoms with E-state index in [1.165, 1.54) is 11.3 Å². The van der Waals surface area contributed by atoms with Crippen LogP contribution in [0.15, 0.2) is 62.6 Å². The van der Waals surface area contributed by atoms with Crippen molar-refractivity contribution in [2.24, 2.45) is 10.1 Å². The fourth-order valence-corrected chi connectivity index (χ4v) is 2.93. The lowest BCUT2D eigenvalue weighted by atomic mass is 10.2. The Kier molecular flexibility index (Phi) is 4.56. The normalized spacial score (nSPS) is 12.4. The van der Waals surface area contributed by atoms with Gasteiger partial charge in [0.25, 0.3) is 0 Å². The molecule has 0 saturated carbocycles. The van der Waals surface area contributed by atoms with Crippen molar-refractivity contribution in [2.45, 2.75) is 6.92 Å². The molecule has 3 aromatic rings. The van der Waals surface area contributed by atoms with Gasteiger partial charge in [-0.2, -0.15) is 5.10 Å². The first-order valence-electron chi connectivity index (χ1n) is 6.83. The van der Waals surface area contributed by atoms with Gasteiger partial charge in [0.1, 0.15) is 5.69 Å². The number of hydrogen-bond acceptors (Lipinski definition) is 4. The van der Waals surface area contributed by atoms with Crippen molar-refractivity contribution in [1.29, 1.82) is 0 Å². The highest BCUT2D eigenvalue weighted by Crippen LogP contribution is 2.20. The van der Waals surface area contributed by atoms with E-state index in [2.05, 4.69) is 10.1 Å². The molecular weight excluding hydrogens is 318 g/mol. The largest absolute Gasteiger partial charge is 0.463 e. The van der Waals surface area contributed by atoms with Gasteiger partial charge in [-0.1, -0.05) is 23.7 Å². The maximum atomic E-state index is 5.90. The Morgan fingerprint density at radius 2 is 2.09 bits per heavy atom. The van der Waals surface area contributed by atoms with Crippen molar-refractivity contribution >= 4 is 29.2 Å². The van der Waals surface area contributed by atoms with Crippen molar-refractivity contribution in [2.75, 3.05) is 6.54 Å². The molecule has 1 aromatic carbocycles. The summed E-state index contributed by atoms with van der Waals surface area (Å²) in [5.74, 6) is 0.766. The lowest BCUT2D eigenvalue weighted by Crippen LogP contribution is -2.12. The van der Waals surface area contributed by atoms with Crippen molar-refractivity contribution in [1.82, 2.24) is 4.68 Å². The molecule has 2 aromatic heterocycles. The van der Waals surface area contributed by atoms with Gasteiger partial charge in [-0.3, -0.25) is 4.99 Å². The second kappa shape index (κ2) is 6.77. The molecule has 0 radical (unpaired) electrons. The maximum absolute atomic E-state index is 5.90. The molecule has 0 unspecified atom stereocenters. The van der Waals surface area contributed by atoms with Crippen LogP contribution >= 0.6 is 22.9 Å². The molecule has 0 amide bonds. The van der Waals surface area contributed by atoms with Crippen LogP contribution in [0.2, 0.25) is 5.02 Å². The van der Waals surface area contributed by atoms with Crippen molar-refractivity contribution in [3.63, 3.8) is 0 Å². The van der Waals surface area contributed by atoms with Gasteiger partial charge in [0, 0.05) is 16.9 Å². The second-order valence-electron chi connectivity index (χ2n) is 4.46. The van der Waals surface area contributed by atoms with Crippen LogP contribution in [-0.2, 0) is 0 Å². The molecule has 0 atom stereocenters. The number of rotatable bonds is 4. The molecule has 0 aliphatic carbocycles. The van der Waals surface area contributed by atoms with Gasteiger partial charge in [0.2, 0.25) is 4.80 Å². The van der Waals surface area contributed by atoms with Crippen LogP contribution in [-0.4, -0.2) is 17.4 Å². The third-order valence-corrected chi connectivity index (χ3v) is 4.05. The van der Waals surface area contributed by atoms with Gasteiger partial charge < -0.3 is 4.42 Å². The highest BCUT2D eigenvalue weighted by molar-refractivity contribution is 7.07. The Morgan fingerprint density at radius 1 is 1.27 bits per heavy atom. The molecule has 0 fully saturated rings. The molecule has 0 saturated heterocycles.